The summed E-state index contributed by atoms with van der Waals surface area (Å²) < 4.78 is 45.4. The van der Waals surface area contributed by atoms with Crippen LogP contribution in [0.15, 0.2) is 16.1 Å². The van der Waals surface area contributed by atoms with Gasteiger partial charge in [-0.3, -0.25) is 0 Å². The van der Waals surface area contributed by atoms with E-state index in [1.54, 1.807) is 0 Å². The van der Waals surface area contributed by atoms with Crippen molar-refractivity contribution in [2.45, 2.75) is 12.8 Å². The van der Waals surface area contributed by atoms with Gasteiger partial charge in [-0.15, -0.1) is 0 Å². The first kappa shape index (κ1) is 12.1. The number of hydrogen-bond acceptors (Lipinski definition) is 5. The Hall–Kier alpha value is -0.400. The molecule has 0 aliphatic carbocycles. The van der Waals surface area contributed by atoms with Gasteiger partial charge in [0.2, 0.25) is 14.3 Å². The molecule has 8 heteroatoms. The number of hydrogen-bond donors (Lipinski definition) is 0. The third kappa shape index (κ3) is 2.03. The van der Waals surface area contributed by atoms with E-state index in [0.29, 0.717) is 12.8 Å². The summed E-state index contributed by atoms with van der Waals surface area (Å²) in [5.74, 6) is -0.210. The van der Waals surface area contributed by atoms with Crippen LogP contribution in [0.5, 0.6) is 0 Å². The van der Waals surface area contributed by atoms with Crippen LogP contribution in [-0.4, -0.2) is 32.8 Å². The first-order chi connectivity index (χ1) is 7.33. The maximum absolute atomic E-state index is 11.7. The number of nitrogens with zero attached hydrogens (tertiary/aromatic N) is 1. The highest BCUT2D eigenvalue weighted by molar-refractivity contribution is 8.12. The molecule has 0 unspecified atom stereocenters. The molecule has 0 amide bonds. The van der Waals surface area contributed by atoms with Gasteiger partial charge in [0.15, 0.2) is 0 Å². The van der Waals surface area contributed by atoms with Gasteiger partial charge in [-0.25, -0.2) is 21.8 Å². The second-order valence-electron chi connectivity index (χ2n) is 3.84. The zero-order valence-corrected chi connectivity index (χ0v) is 10.6. The van der Waals surface area contributed by atoms with E-state index >= 15 is 0 Å². The van der Waals surface area contributed by atoms with Crippen molar-refractivity contribution >= 4 is 35.8 Å². The Bertz CT molecular complexity index is 559. The van der Waals surface area contributed by atoms with Crippen LogP contribution in [0.3, 0.4) is 0 Å². The van der Waals surface area contributed by atoms with Gasteiger partial charge in [-0.2, -0.15) is 0 Å². The summed E-state index contributed by atoms with van der Waals surface area (Å²) in [4.78, 5) is 3.72. The first-order valence-electron chi connectivity index (χ1n) is 4.72. The highest BCUT2D eigenvalue weighted by Gasteiger charge is 2.36. The van der Waals surface area contributed by atoms with Crippen LogP contribution >= 0.6 is 11.6 Å². The van der Waals surface area contributed by atoms with E-state index in [1.807, 2.05) is 0 Å². The minimum Gasteiger partial charge on any atom is -0.232 e. The van der Waals surface area contributed by atoms with Crippen molar-refractivity contribution < 1.29 is 16.8 Å². The molecule has 2 heterocycles. The molecule has 0 saturated carbocycles. The summed E-state index contributed by atoms with van der Waals surface area (Å²) in [6.45, 7) is 0. The number of aliphatic imine (C=N–C) groups is 1. The molecule has 0 spiro atoms. The average molecular weight is 284 g/mol. The molecule has 0 aromatic rings. The third-order valence-corrected chi connectivity index (χ3v) is 6.81. The van der Waals surface area contributed by atoms with E-state index in [1.165, 1.54) is 6.20 Å². The molecule has 0 radical (unpaired) electrons. The summed E-state index contributed by atoms with van der Waals surface area (Å²) in [7, 11) is -6.61. The van der Waals surface area contributed by atoms with Gasteiger partial charge >= 0.3 is 0 Å². The lowest BCUT2D eigenvalue weighted by Gasteiger charge is -2.21. The molecule has 90 valence electrons. The fraction of sp³-hybridized carbons (Fsp3) is 0.625. The Balaban J connectivity index is 2.20. The van der Waals surface area contributed by atoms with Crippen molar-refractivity contribution in [3.8, 4) is 0 Å². The summed E-state index contributed by atoms with van der Waals surface area (Å²) >= 11 is 5.47. The van der Waals surface area contributed by atoms with Crippen LogP contribution < -0.4 is 0 Å². The molecular weight excluding hydrogens is 274 g/mol. The van der Waals surface area contributed by atoms with Gasteiger partial charge in [0, 0.05) is 6.20 Å². The van der Waals surface area contributed by atoms with Gasteiger partial charge < -0.3 is 0 Å². The minimum atomic E-state index is -3.62. The lowest BCUT2D eigenvalue weighted by Crippen LogP contribution is -2.26. The van der Waals surface area contributed by atoms with E-state index in [0.717, 1.165) is 0 Å². The average Bonchev–Trinajstić information content (AvgIpc) is 2.43. The molecule has 16 heavy (non-hydrogen) atoms. The summed E-state index contributed by atoms with van der Waals surface area (Å²) in [6.07, 6.45) is 1.89. The molecule has 5 nitrogen and oxygen atoms in total. The summed E-state index contributed by atoms with van der Waals surface area (Å²) in [5, 5.41) is 0. The van der Waals surface area contributed by atoms with E-state index in [-0.39, 0.29) is 22.3 Å². The fourth-order valence-corrected chi connectivity index (χ4v) is 4.91. The van der Waals surface area contributed by atoms with E-state index < -0.39 is 24.2 Å². The van der Waals surface area contributed by atoms with Gasteiger partial charge in [0.25, 0.3) is 0 Å². The largest absolute Gasteiger partial charge is 0.232 e. The summed E-state index contributed by atoms with van der Waals surface area (Å²) in [5.41, 5.74) is 0. The quantitative estimate of drug-likeness (QED) is 0.708. The van der Waals surface area contributed by atoms with Crippen LogP contribution in [0.4, 0.5) is 0 Å². The third-order valence-electron chi connectivity index (χ3n) is 2.78. The van der Waals surface area contributed by atoms with Crippen molar-refractivity contribution in [2.75, 3.05) is 11.5 Å². The van der Waals surface area contributed by atoms with Gasteiger partial charge in [0.1, 0.15) is 9.84 Å². The van der Waals surface area contributed by atoms with E-state index in [2.05, 4.69) is 4.99 Å². The smallest absolute Gasteiger partial charge is 0.232 e. The molecular formula is C8H10ClNO4S2. The first-order valence-corrected chi connectivity index (χ1v) is 8.40. The van der Waals surface area contributed by atoms with E-state index in [4.69, 9.17) is 11.6 Å². The molecule has 2 aliphatic rings. The minimum absolute atomic E-state index is 0.0299. The maximum Gasteiger partial charge on any atom is 0.232 e. The predicted octanol–water partition coefficient (Wildman–Crippen LogP) is 0.676. The Labute approximate surface area is 99.0 Å². The molecule has 0 aromatic heterocycles. The molecule has 0 atom stereocenters. The Morgan fingerprint density at radius 3 is 2.19 bits per heavy atom. The van der Waals surface area contributed by atoms with Crippen molar-refractivity contribution in [1.29, 1.82) is 0 Å². The highest BCUT2D eigenvalue weighted by Crippen LogP contribution is 2.33. The van der Waals surface area contributed by atoms with Crippen LogP contribution in [0.25, 0.3) is 0 Å². The lowest BCUT2D eigenvalue weighted by atomic mass is 10.0. The zero-order chi connectivity index (χ0) is 12.0. The molecule has 1 saturated heterocycles. The Kier molecular flexibility index (Phi) is 2.88. The second-order valence-corrected chi connectivity index (χ2v) is 8.59. The molecule has 2 rings (SSSR count). The lowest BCUT2D eigenvalue weighted by molar-refractivity contribution is 0.523. The number of allylic oxidation sites excluding steroid dienone is 1. The Morgan fingerprint density at radius 1 is 1.19 bits per heavy atom. The van der Waals surface area contributed by atoms with Crippen molar-refractivity contribution in [3.05, 3.63) is 11.1 Å². The highest BCUT2D eigenvalue weighted by atomic mass is 35.5. The van der Waals surface area contributed by atoms with Crippen molar-refractivity contribution in [1.82, 2.24) is 0 Å². The van der Waals surface area contributed by atoms with E-state index in [9.17, 15) is 16.8 Å². The van der Waals surface area contributed by atoms with Crippen LogP contribution in [0.1, 0.15) is 12.8 Å². The predicted molar refractivity (Wildman–Crippen MR) is 61.7 cm³/mol. The van der Waals surface area contributed by atoms with Gasteiger partial charge in [-0.05, 0) is 30.4 Å². The zero-order valence-electron chi connectivity index (χ0n) is 8.26. The fourth-order valence-electron chi connectivity index (χ4n) is 1.85. The number of rotatable bonds is 1. The van der Waals surface area contributed by atoms with Crippen LogP contribution in [0, 0.1) is 5.92 Å². The molecule has 0 N–H and O–H groups in total. The van der Waals surface area contributed by atoms with Gasteiger partial charge in [0.05, 0.1) is 16.4 Å². The monoisotopic (exact) mass is 283 g/mol. The normalized spacial score (nSPS) is 28.6. The maximum atomic E-state index is 11.7. The van der Waals surface area contributed by atoms with Crippen molar-refractivity contribution in [3.63, 3.8) is 0 Å². The van der Waals surface area contributed by atoms with Crippen LogP contribution in [0.2, 0.25) is 0 Å². The number of sulfone groups is 2. The molecule has 0 bridgehead atoms. The Morgan fingerprint density at radius 2 is 1.75 bits per heavy atom. The SMILES string of the molecule is O=S1(=O)CCC(C2=CN=C(Cl)S2(=O)=O)CC1. The van der Waals surface area contributed by atoms with Gasteiger partial charge in [-0.1, -0.05) is 0 Å². The summed E-state index contributed by atoms with van der Waals surface area (Å²) in [6, 6.07) is 0. The standard InChI is InChI=1S/C8H10ClNO4S2/c9-8-10-5-7(16(8,13)14)6-1-3-15(11,12)4-2-6/h5-6H,1-4H2. The van der Waals surface area contributed by atoms with Crippen molar-refractivity contribution in [2.24, 2.45) is 10.9 Å². The molecule has 2 aliphatic heterocycles. The second kappa shape index (κ2) is 3.82. The molecule has 0 aromatic carbocycles. The topological polar surface area (TPSA) is 80.6 Å². The molecule has 1 fully saturated rings. The van der Waals surface area contributed by atoms with Crippen LogP contribution in [-0.2, 0) is 19.7 Å². The number of halogens is 1.